The van der Waals surface area contributed by atoms with Gasteiger partial charge in [-0.15, -0.1) is 0 Å². The second-order valence-electron chi connectivity index (χ2n) is 5.29. The molecule has 1 aromatic heterocycles. The maximum absolute atomic E-state index is 10.9. The van der Waals surface area contributed by atoms with Crippen LogP contribution in [0.15, 0.2) is 24.4 Å². The third-order valence-corrected chi connectivity index (χ3v) is 3.90. The SMILES string of the molecule is N#Cc1cn([C@@H]2OC[C@H](O)[C@H](O)[C@H]2O)c2cc([N+](=O)[O-])ccc12. The van der Waals surface area contributed by atoms with E-state index in [-0.39, 0.29) is 17.9 Å². The van der Waals surface area contributed by atoms with Gasteiger partial charge in [0.25, 0.3) is 5.69 Å². The Bertz CT molecular complexity index is 811. The number of ether oxygens (including phenoxy) is 1. The van der Waals surface area contributed by atoms with E-state index in [2.05, 4.69) is 0 Å². The molecule has 4 atom stereocenters. The van der Waals surface area contributed by atoms with Gasteiger partial charge in [0.1, 0.15) is 24.4 Å². The fourth-order valence-corrected chi connectivity index (χ4v) is 2.69. The standard InChI is InChI=1S/C14H13N3O6/c15-4-7-5-16(14-13(20)12(19)11(18)6-23-14)10-3-8(17(21)22)1-2-9(7)10/h1-3,5,11-14,18-20H,6H2/t11-,12-,13+,14+/m0/s1. The van der Waals surface area contributed by atoms with Crippen molar-refractivity contribution in [3.63, 3.8) is 0 Å². The highest BCUT2D eigenvalue weighted by Gasteiger charge is 2.39. The Kier molecular flexibility index (Phi) is 3.75. The van der Waals surface area contributed by atoms with Crippen LogP contribution < -0.4 is 0 Å². The highest BCUT2D eigenvalue weighted by Crippen LogP contribution is 2.32. The molecule has 23 heavy (non-hydrogen) atoms. The number of fused-ring (bicyclic) bond motifs is 1. The molecular formula is C14H13N3O6. The number of nitro groups is 1. The zero-order valence-corrected chi connectivity index (χ0v) is 11.7. The molecule has 1 saturated heterocycles. The van der Waals surface area contributed by atoms with Gasteiger partial charge in [-0.2, -0.15) is 5.26 Å². The molecular weight excluding hydrogens is 306 g/mol. The molecule has 0 aliphatic carbocycles. The first-order valence-electron chi connectivity index (χ1n) is 6.79. The van der Waals surface area contributed by atoms with Crippen molar-refractivity contribution in [1.82, 2.24) is 4.57 Å². The number of nitriles is 1. The van der Waals surface area contributed by atoms with Crippen LogP contribution in [-0.2, 0) is 4.74 Å². The average molecular weight is 319 g/mol. The molecule has 0 amide bonds. The van der Waals surface area contributed by atoms with Crippen LogP contribution in [0.5, 0.6) is 0 Å². The Morgan fingerprint density at radius 3 is 2.74 bits per heavy atom. The molecule has 9 nitrogen and oxygen atoms in total. The first-order chi connectivity index (χ1) is 10.9. The van der Waals surface area contributed by atoms with Crippen LogP contribution in [0.1, 0.15) is 11.8 Å². The summed E-state index contributed by atoms with van der Waals surface area (Å²) in [6.07, 6.45) is -3.77. The van der Waals surface area contributed by atoms with E-state index in [1.54, 1.807) is 0 Å². The van der Waals surface area contributed by atoms with Crippen molar-refractivity contribution in [2.75, 3.05) is 6.61 Å². The van der Waals surface area contributed by atoms with E-state index in [1.165, 1.54) is 29.0 Å². The van der Waals surface area contributed by atoms with Crippen LogP contribution in [0.25, 0.3) is 10.9 Å². The number of aliphatic hydroxyl groups excluding tert-OH is 3. The van der Waals surface area contributed by atoms with E-state index in [1.807, 2.05) is 6.07 Å². The number of rotatable bonds is 2. The summed E-state index contributed by atoms with van der Waals surface area (Å²) in [7, 11) is 0. The van der Waals surface area contributed by atoms with Crippen LogP contribution >= 0.6 is 0 Å². The van der Waals surface area contributed by atoms with Gasteiger partial charge in [-0.25, -0.2) is 0 Å². The van der Waals surface area contributed by atoms with E-state index in [0.717, 1.165) is 0 Å². The van der Waals surface area contributed by atoms with E-state index >= 15 is 0 Å². The highest BCUT2D eigenvalue weighted by atomic mass is 16.6. The molecule has 9 heteroatoms. The predicted octanol–water partition coefficient (Wildman–Crippen LogP) is 0.0327. The number of hydrogen-bond acceptors (Lipinski definition) is 7. The van der Waals surface area contributed by atoms with Crippen LogP contribution in [-0.4, -0.2) is 49.7 Å². The molecule has 1 fully saturated rings. The summed E-state index contributed by atoms with van der Waals surface area (Å²) in [5, 5.41) is 50.0. The number of nitrogens with zero attached hydrogens (tertiary/aromatic N) is 3. The van der Waals surface area contributed by atoms with Gasteiger partial charge in [0.05, 0.1) is 22.6 Å². The number of aromatic nitrogens is 1. The van der Waals surface area contributed by atoms with Gasteiger partial charge in [-0.3, -0.25) is 10.1 Å². The lowest BCUT2D eigenvalue weighted by molar-refractivity contribution is -0.384. The van der Waals surface area contributed by atoms with Crippen LogP contribution in [0.3, 0.4) is 0 Å². The Balaban J connectivity index is 2.15. The molecule has 0 spiro atoms. The number of nitro benzene ring substituents is 1. The second-order valence-corrected chi connectivity index (χ2v) is 5.29. The fraction of sp³-hybridized carbons (Fsp3) is 0.357. The molecule has 1 aromatic carbocycles. The lowest BCUT2D eigenvalue weighted by Gasteiger charge is -2.36. The minimum absolute atomic E-state index is 0.174. The third kappa shape index (κ3) is 2.43. The summed E-state index contributed by atoms with van der Waals surface area (Å²) < 4.78 is 6.71. The quantitative estimate of drug-likeness (QED) is 0.523. The second kappa shape index (κ2) is 5.60. The first kappa shape index (κ1) is 15.4. The summed E-state index contributed by atoms with van der Waals surface area (Å²) in [5.41, 5.74) is 0.405. The number of aliphatic hydroxyl groups is 3. The molecule has 3 N–H and O–H groups in total. The third-order valence-electron chi connectivity index (χ3n) is 3.90. The minimum atomic E-state index is -1.44. The van der Waals surface area contributed by atoms with Gasteiger partial charge in [0, 0.05) is 23.7 Å². The maximum Gasteiger partial charge on any atom is 0.271 e. The van der Waals surface area contributed by atoms with Crippen LogP contribution in [0.2, 0.25) is 0 Å². The highest BCUT2D eigenvalue weighted by molar-refractivity contribution is 5.88. The molecule has 0 radical (unpaired) electrons. The molecule has 0 unspecified atom stereocenters. The first-order valence-corrected chi connectivity index (χ1v) is 6.79. The average Bonchev–Trinajstić information content (AvgIpc) is 2.90. The van der Waals surface area contributed by atoms with E-state index in [4.69, 9.17) is 4.74 Å². The van der Waals surface area contributed by atoms with Crippen LogP contribution in [0.4, 0.5) is 5.69 Å². The maximum atomic E-state index is 10.9. The van der Waals surface area contributed by atoms with E-state index < -0.39 is 29.5 Å². The van der Waals surface area contributed by atoms with Crippen molar-refractivity contribution in [2.45, 2.75) is 24.5 Å². The molecule has 0 bridgehead atoms. The molecule has 120 valence electrons. The largest absolute Gasteiger partial charge is 0.388 e. The fourth-order valence-electron chi connectivity index (χ4n) is 2.69. The summed E-state index contributed by atoms with van der Waals surface area (Å²) >= 11 is 0. The van der Waals surface area contributed by atoms with Crippen LogP contribution in [0, 0.1) is 21.4 Å². The van der Waals surface area contributed by atoms with Crippen molar-refractivity contribution in [3.8, 4) is 6.07 Å². The molecule has 1 aliphatic rings. The lowest BCUT2D eigenvalue weighted by Crippen LogP contribution is -2.50. The van der Waals surface area contributed by atoms with Crippen molar-refractivity contribution in [1.29, 1.82) is 5.26 Å². The molecule has 1 aliphatic heterocycles. The Morgan fingerprint density at radius 2 is 2.09 bits per heavy atom. The van der Waals surface area contributed by atoms with Gasteiger partial charge in [-0.1, -0.05) is 0 Å². The molecule has 2 heterocycles. The number of non-ortho nitro benzene ring substituents is 1. The van der Waals surface area contributed by atoms with E-state index in [9.17, 15) is 30.7 Å². The Hall–Kier alpha value is -2.51. The number of hydrogen-bond donors (Lipinski definition) is 3. The Labute approximate surface area is 129 Å². The molecule has 2 aromatic rings. The van der Waals surface area contributed by atoms with Crippen molar-refractivity contribution in [2.24, 2.45) is 0 Å². The van der Waals surface area contributed by atoms with Crippen molar-refractivity contribution in [3.05, 3.63) is 40.1 Å². The summed E-state index contributed by atoms with van der Waals surface area (Å²) in [5.74, 6) is 0. The summed E-state index contributed by atoms with van der Waals surface area (Å²) in [6.45, 7) is -0.209. The van der Waals surface area contributed by atoms with Gasteiger partial charge < -0.3 is 24.6 Å². The van der Waals surface area contributed by atoms with Crippen molar-refractivity contribution < 1.29 is 25.0 Å². The van der Waals surface area contributed by atoms with Crippen molar-refractivity contribution >= 4 is 16.6 Å². The van der Waals surface area contributed by atoms with Gasteiger partial charge >= 0.3 is 0 Å². The topological polar surface area (TPSA) is 142 Å². The molecule has 3 rings (SSSR count). The van der Waals surface area contributed by atoms with Gasteiger partial charge in [0.2, 0.25) is 0 Å². The summed E-state index contributed by atoms with van der Waals surface area (Å²) in [6, 6.07) is 5.97. The van der Waals surface area contributed by atoms with E-state index in [0.29, 0.717) is 10.9 Å². The monoisotopic (exact) mass is 319 g/mol. The zero-order chi connectivity index (χ0) is 16.7. The Morgan fingerprint density at radius 1 is 1.35 bits per heavy atom. The number of benzene rings is 1. The lowest BCUT2D eigenvalue weighted by atomic mass is 10.0. The zero-order valence-electron chi connectivity index (χ0n) is 11.7. The smallest absolute Gasteiger partial charge is 0.271 e. The predicted molar refractivity (Wildman–Crippen MR) is 76.3 cm³/mol. The normalized spacial score (nSPS) is 27.7. The molecule has 0 saturated carbocycles. The van der Waals surface area contributed by atoms with Gasteiger partial charge in [0.15, 0.2) is 6.23 Å². The van der Waals surface area contributed by atoms with Gasteiger partial charge in [-0.05, 0) is 6.07 Å². The summed E-state index contributed by atoms with van der Waals surface area (Å²) in [4.78, 5) is 10.4. The minimum Gasteiger partial charge on any atom is -0.388 e.